The van der Waals surface area contributed by atoms with Crippen molar-refractivity contribution in [2.24, 2.45) is 5.92 Å². The fourth-order valence-corrected chi connectivity index (χ4v) is 4.27. The Morgan fingerprint density at radius 1 is 1.17 bits per heavy atom. The molecule has 0 aromatic carbocycles. The minimum Gasteiger partial charge on any atom is -0.309 e. The van der Waals surface area contributed by atoms with Crippen LogP contribution in [0.3, 0.4) is 0 Å². The largest absolute Gasteiger partial charge is 0.309 e. The van der Waals surface area contributed by atoms with Crippen molar-refractivity contribution >= 4 is 11.8 Å². The maximum Gasteiger partial charge on any atom is 0.228 e. The molecule has 0 radical (unpaired) electrons. The van der Waals surface area contributed by atoms with Crippen molar-refractivity contribution in [1.29, 1.82) is 0 Å². The molecule has 0 amide bonds. The lowest BCUT2D eigenvalue weighted by Gasteiger charge is -2.25. The van der Waals surface area contributed by atoms with Crippen LogP contribution in [0.2, 0.25) is 0 Å². The molecular formula is C18H25N5. The van der Waals surface area contributed by atoms with E-state index in [0.29, 0.717) is 11.4 Å². The number of rotatable bonds is 3. The van der Waals surface area contributed by atoms with Crippen LogP contribution in [0.5, 0.6) is 0 Å². The number of anilines is 2. The van der Waals surface area contributed by atoms with E-state index in [9.17, 15) is 0 Å². The zero-order valence-corrected chi connectivity index (χ0v) is 14.2. The molecule has 0 unspecified atom stereocenters. The number of aromatic nitrogens is 4. The molecule has 2 aliphatic carbocycles. The Hall–Kier alpha value is -1.91. The molecule has 0 aliphatic heterocycles. The molecule has 0 atom stereocenters. The highest BCUT2D eigenvalue weighted by molar-refractivity contribution is 5.50. The summed E-state index contributed by atoms with van der Waals surface area (Å²) in [4.78, 5) is 8.57. The van der Waals surface area contributed by atoms with Crippen molar-refractivity contribution < 1.29 is 0 Å². The van der Waals surface area contributed by atoms with E-state index in [-0.39, 0.29) is 5.54 Å². The van der Waals surface area contributed by atoms with Gasteiger partial charge in [0.05, 0.1) is 11.2 Å². The van der Waals surface area contributed by atoms with E-state index in [0.717, 1.165) is 11.7 Å². The van der Waals surface area contributed by atoms with Crippen LogP contribution in [0.25, 0.3) is 0 Å². The first-order chi connectivity index (χ1) is 11.0. The molecule has 1 N–H and O–H groups in total. The predicted octanol–water partition coefficient (Wildman–Crippen LogP) is 4.00. The summed E-state index contributed by atoms with van der Waals surface area (Å²) >= 11 is 0. The second-order valence-corrected chi connectivity index (χ2v) is 8.12. The number of nitrogens with zero attached hydrogens (tertiary/aromatic N) is 4. The van der Waals surface area contributed by atoms with Gasteiger partial charge in [0.25, 0.3) is 0 Å². The van der Waals surface area contributed by atoms with Crippen LogP contribution < -0.4 is 5.32 Å². The molecule has 5 heteroatoms. The predicted molar refractivity (Wildman–Crippen MR) is 90.8 cm³/mol. The van der Waals surface area contributed by atoms with Gasteiger partial charge >= 0.3 is 0 Å². The number of hydrogen-bond donors (Lipinski definition) is 1. The second-order valence-electron chi connectivity index (χ2n) is 8.12. The Kier molecular flexibility index (Phi) is 3.22. The second kappa shape index (κ2) is 5.05. The van der Waals surface area contributed by atoms with Crippen LogP contribution >= 0.6 is 0 Å². The SMILES string of the molecule is CC(C)(C)n1nc(C23CCC(CC2)C3)cc1Nc1ncccn1. The Balaban J connectivity index is 1.73. The first-order valence-corrected chi connectivity index (χ1v) is 8.61. The molecule has 2 aliphatic rings. The highest BCUT2D eigenvalue weighted by Gasteiger charge is 2.47. The van der Waals surface area contributed by atoms with Gasteiger partial charge in [0.15, 0.2) is 0 Å². The third-order valence-electron chi connectivity index (χ3n) is 5.44. The van der Waals surface area contributed by atoms with E-state index in [1.165, 1.54) is 37.8 Å². The van der Waals surface area contributed by atoms with Gasteiger partial charge in [-0.2, -0.15) is 5.10 Å². The first kappa shape index (κ1) is 14.7. The van der Waals surface area contributed by atoms with Gasteiger partial charge in [-0.3, -0.25) is 0 Å². The summed E-state index contributed by atoms with van der Waals surface area (Å²) in [5, 5.41) is 8.38. The average Bonchev–Trinajstić information content (AvgIpc) is 3.21. The van der Waals surface area contributed by atoms with Crippen molar-refractivity contribution in [3.05, 3.63) is 30.2 Å². The summed E-state index contributed by atoms with van der Waals surface area (Å²) in [6.07, 6.45) is 10.1. The normalized spacial score (nSPS) is 26.7. The lowest BCUT2D eigenvalue weighted by Crippen LogP contribution is -2.26. The first-order valence-electron chi connectivity index (χ1n) is 8.61. The van der Waals surface area contributed by atoms with Crippen LogP contribution in [0.4, 0.5) is 11.8 Å². The standard InChI is InChI=1S/C18H25N5/c1-17(2,3)23-15(21-16-19-9-4-10-20-16)11-14(22-23)18-7-5-13(12-18)6-8-18/h4,9-11,13H,5-8,12H2,1-3H3,(H,19,20,21). The van der Waals surface area contributed by atoms with Gasteiger partial charge in [0.1, 0.15) is 5.82 Å². The lowest BCUT2D eigenvalue weighted by molar-refractivity contribution is 0.343. The molecule has 2 saturated carbocycles. The van der Waals surface area contributed by atoms with Crippen molar-refractivity contribution in [2.45, 2.75) is 63.8 Å². The van der Waals surface area contributed by atoms with E-state index in [1.807, 2.05) is 6.07 Å². The van der Waals surface area contributed by atoms with Gasteiger partial charge in [-0.25, -0.2) is 14.6 Å². The Morgan fingerprint density at radius 3 is 2.43 bits per heavy atom. The molecule has 0 spiro atoms. The van der Waals surface area contributed by atoms with E-state index < -0.39 is 0 Å². The minimum atomic E-state index is -0.0807. The van der Waals surface area contributed by atoms with Crippen LogP contribution in [-0.4, -0.2) is 19.7 Å². The molecule has 2 aromatic heterocycles. The zero-order valence-electron chi connectivity index (χ0n) is 14.2. The van der Waals surface area contributed by atoms with Crippen LogP contribution in [0.15, 0.2) is 24.5 Å². The summed E-state index contributed by atoms with van der Waals surface area (Å²) in [5.74, 6) is 2.53. The molecule has 0 saturated heterocycles. The molecule has 4 rings (SSSR count). The molecule has 2 aromatic rings. The topological polar surface area (TPSA) is 55.6 Å². The molecular weight excluding hydrogens is 286 g/mol. The fourth-order valence-electron chi connectivity index (χ4n) is 4.27. The third kappa shape index (κ3) is 2.52. The van der Waals surface area contributed by atoms with E-state index in [1.54, 1.807) is 12.4 Å². The van der Waals surface area contributed by atoms with Gasteiger partial charge < -0.3 is 5.32 Å². The van der Waals surface area contributed by atoms with Crippen LogP contribution in [0, 0.1) is 5.92 Å². The fraction of sp³-hybridized carbons (Fsp3) is 0.611. The van der Waals surface area contributed by atoms with Gasteiger partial charge in [0, 0.05) is 23.9 Å². The highest BCUT2D eigenvalue weighted by Crippen LogP contribution is 2.55. The maximum absolute atomic E-state index is 5.03. The maximum atomic E-state index is 5.03. The van der Waals surface area contributed by atoms with Gasteiger partial charge in [-0.1, -0.05) is 0 Å². The number of fused-ring (bicyclic) bond motifs is 2. The van der Waals surface area contributed by atoms with Crippen LogP contribution in [-0.2, 0) is 11.0 Å². The van der Waals surface area contributed by atoms with Gasteiger partial charge in [-0.15, -0.1) is 0 Å². The quantitative estimate of drug-likeness (QED) is 0.930. The molecule has 5 nitrogen and oxygen atoms in total. The lowest BCUT2D eigenvalue weighted by atomic mass is 9.81. The van der Waals surface area contributed by atoms with Crippen molar-refractivity contribution in [3.63, 3.8) is 0 Å². The minimum absolute atomic E-state index is 0.0807. The van der Waals surface area contributed by atoms with Crippen molar-refractivity contribution in [3.8, 4) is 0 Å². The monoisotopic (exact) mass is 311 g/mol. The molecule has 2 heterocycles. The van der Waals surface area contributed by atoms with Crippen molar-refractivity contribution in [1.82, 2.24) is 19.7 Å². The Labute approximate surface area is 137 Å². The number of nitrogens with one attached hydrogen (secondary N) is 1. The highest BCUT2D eigenvalue weighted by atomic mass is 15.4. The smallest absolute Gasteiger partial charge is 0.228 e. The Morgan fingerprint density at radius 2 is 1.87 bits per heavy atom. The third-order valence-corrected chi connectivity index (χ3v) is 5.44. The molecule has 122 valence electrons. The molecule has 2 fully saturated rings. The number of hydrogen-bond acceptors (Lipinski definition) is 4. The van der Waals surface area contributed by atoms with Crippen LogP contribution in [0.1, 0.15) is 58.6 Å². The van der Waals surface area contributed by atoms with E-state index in [4.69, 9.17) is 5.10 Å². The molecule has 2 bridgehead atoms. The van der Waals surface area contributed by atoms with Crippen molar-refractivity contribution in [2.75, 3.05) is 5.32 Å². The van der Waals surface area contributed by atoms with Gasteiger partial charge in [-0.05, 0) is 64.9 Å². The summed E-state index contributed by atoms with van der Waals surface area (Å²) in [6, 6.07) is 4.06. The summed E-state index contributed by atoms with van der Waals surface area (Å²) in [7, 11) is 0. The summed E-state index contributed by atoms with van der Waals surface area (Å²) in [5.41, 5.74) is 1.49. The molecule has 23 heavy (non-hydrogen) atoms. The van der Waals surface area contributed by atoms with Gasteiger partial charge in [0.2, 0.25) is 5.95 Å². The Bertz CT molecular complexity index is 690. The average molecular weight is 311 g/mol. The zero-order chi connectivity index (χ0) is 16.1. The summed E-state index contributed by atoms with van der Waals surface area (Å²) in [6.45, 7) is 6.56. The summed E-state index contributed by atoms with van der Waals surface area (Å²) < 4.78 is 2.10. The van der Waals surface area contributed by atoms with E-state index >= 15 is 0 Å². The van der Waals surface area contributed by atoms with E-state index in [2.05, 4.69) is 46.8 Å².